The first kappa shape index (κ1) is 20.6. The number of hydrogen-bond donors (Lipinski definition) is 0. The molecule has 3 heterocycles. The summed E-state index contributed by atoms with van der Waals surface area (Å²) in [4.78, 5) is 19.3. The fourth-order valence-electron chi connectivity index (χ4n) is 3.39. The van der Waals surface area contributed by atoms with Crippen molar-refractivity contribution in [3.8, 4) is 5.75 Å². The monoisotopic (exact) mass is 440 g/mol. The molecule has 0 radical (unpaired) electrons. The molecule has 1 atom stereocenters. The molecule has 11 heteroatoms. The molecule has 0 bridgehead atoms. The van der Waals surface area contributed by atoms with Gasteiger partial charge in [-0.05, 0) is 38.0 Å². The fourth-order valence-corrected chi connectivity index (χ4v) is 4.40. The number of thiazole rings is 1. The Hall–Kier alpha value is -2.66. The van der Waals surface area contributed by atoms with Gasteiger partial charge in [0.05, 0.1) is 28.6 Å². The Morgan fingerprint density at radius 2 is 2.20 bits per heavy atom. The van der Waals surface area contributed by atoms with Crippen LogP contribution in [-0.4, -0.2) is 46.3 Å². The van der Waals surface area contributed by atoms with Crippen LogP contribution in [0.3, 0.4) is 0 Å². The van der Waals surface area contributed by atoms with E-state index in [0.29, 0.717) is 39.9 Å². The average molecular weight is 440 g/mol. The van der Waals surface area contributed by atoms with Gasteiger partial charge in [-0.2, -0.15) is 5.10 Å². The first-order valence-corrected chi connectivity index (χ1v) is 10.1. The lowest BCUT2D eigenvalue weighted by atomic mass is 10.2. The molecular formula is C19H19F3N4O3S. The number of alkyl halides is 3. The molecule has 1 aliphatic rings. The largest absolute Gasteiger partial charge is 0.573 e. The van der Waals surface area contributed by atoms with Crippen LogP contribution >= 0.6 is 11.3 Å². The van der Waals surface area contributed by atoms with Crippen LogP contribution in [0.2, 0.25) is 0 Å². The van der Waals surface area contributed by atoms with Gasteiger partial charge in [-0.1, -0.05) is 11.3 Å². The van der Waals surface area contributed by atoms with Crippen LogP contribution in [0.5, 0.6) is 5.75 Å². The molecule has 4 rings (SSSR count). The molecule has 0 aliphatic carbocycles. The zero-order chi connectivity index (χ0) is 21.5. The van der Waals surface area contributed by atoms with Gasteiger partial charge in [-0.25, -0.2) is 4.98 Å². The van der Waals surface area contributed by atoms with Crippen LogP contribution in [0, 0.1) is 6.92 Å². The number of aryl methyl sites for hydroxylation is 2. The normalized spacial score (nSPS) is 16.9. The van der Waals surface area contributed by atoms with E-state index in [1.165, 1.54) is 27.8 Å². The van der Waals surface area contributed by atoms with Crippen molar-refractivity contribution in [1.82, 2.24) is 14.8 Å². The summed E-state index contributed by atoms with van der Waals surface area (Å²) in [6.45, 7) is 2.73. The lowest BCUT2D eigenvalue weighted by Gasteiger charge is -2.22. The van der Waals surface area contributed by atoms with E-state index in [0.717, 1.165) is 24.2 Å². The number of nitrogens with zero attached hydrogens (tertiary/aromatic N) is 4. The van der Waals surface area contributed by atoms with E-state index in [1.807, 2.05) is 0 Å². The highest BCUT2D eigenvalue weighted by Crippen LogP contribution is 2.34. The summed E-state index contributed by atoms with van der Waals surface area (Å²) in [7, 11) is 1.68. The second kappa shape index (κ2) is 7.88. The summed E-state index contributed by atoms with van der Waals surface area (Å²) < 4.78 is 49.2. The van der Waals surface area contributed by atoms with Crippen molar-refractivity contribution in [1.29, 1.82) is 0 Å². The number of fused-ring (bicyclic) bond motifs is 1. The molecule has 2 aromatic heterocycles. The summed E-state index contributed by atoms with van der Waals surface area (Å²) in [5.74, 6) is -0.621. The van der Waals surface area contributed by atoms with Gasteiger partial charge in [0.15, 0.2) is 5.13 Å². The van der Waals surface area contributed by atoms with Crippen molar-refractivity contribution in [2.24, 2.45) is 7.05 Å². The average Bonchev–Trinajstić information content (AvgIpc) is 3.37. The van der Waals surface area contributed by atoms with E-state index >= 15 is 0 Å². The Morgan fingerprint density at radius 3 is 2.83 bits per heavy atom. The van der Waals surface area contributed by atoms with E-state index < -0.39 is 6.36 Å². The van der Waals surface area contributed by atoms with Gasteiger partial charge in [0.25, 0.3) is 5.91 Å². The van der Waals surface area contributed by atoms with Crippen molar-refractivity contribution in [3.63, 3.8) is 0 Å². The number of carbonyl (C=O) groups is 1. The second-order valence-corrected chi connectivity index (χ2v) is 8.03. The van der Waals surface area contributed by atoms with E-state index in [9.17, 15) is 18.0 Å². The molecule has 3 aromatic rings. The maximum atomic E-state index is 13.3. The van der Waals surface area contributed by atoms with Crippen molar-refractivity contribution >= 4 is 32.6 Å². The van der Waals surface area contributed by atoms with Crippen LogP contribution in [0.25, 0.3) is 10.2 Å². The number of aromatic nitrogens is 3. The van der Waals surface area contributed by atoms with Crippen LogP contribution in [0.15, 0.2) is 24.3 Å². The molecule has 1 unspecified atom stereocenters. The molecule has 160 valence electrons. The van der Waals surface area contributed by atoms with Gasteiger partial charge in [-0.3, -0.25) is 14.4 Å². The van der Waals surface area contributed by atoms with Gasteiger partial charge >= 0.3 is 6.36 Å². The Bertz CT molecular complexity index is 1070. The number of amides is 1. The summed E-state index contributed by atoms with van der Waals surface area (Å²) >= 11 is 1.13. The fraction of sp³-hybridized carbons (Fsp3) is 0.421. The first-order chi connectivity index (χ1) is 14.2. The van der Waals surface area contributed by atoms with Crippen molar-refractivity contribution in [2.45, 2.75) is 32.2 Å². The molecule has 0 N–H and O–H groups in total. The first-order valence-electron chi connectivity index (χ1n) is 9.30. The van der Waals surface area contributed by atoms with E-state index in [2.05, 4.69) is 14.8 Å². The van der Waals surface area contributed by atoms with Gasteiger partial charge in [0.2, 0.25) is 0 Å². The standard InChI is InChI=1S/C19H19F3N4O3S/c1-11-8-15(25(2)24-11)17(27)26(10-13-4-3-7-28-13)18-23-14-6-5-12(9-16(14)30-18)29-19(20,21)22/h5-6,8-9,13H,3-4,7,10H2,1-2H3. The highest BCUT2D eigenvalue weighted by atomic mass is 32.1. The highest BCUT2D eigenvalue weighted by molar-refractivity contribution is 7.22. The van der Waals surface area contributed by atoms with Crippen molar-refractivity contribution in [2.75, 3.05) is 18.1 Å². The highest BCUT2D eigenvalue weighted by Gasteiger charge is 2.32. The number of carbonyl (C=O) groups excluding carboxylic acids is 1. The van der Waals surface area contributed by atoms with Gasteiger partial charge in [0.1, 0.15) is 11.4 Å². The topological polar surface area (TPSA) is 69.5 Å². The third-order valence-electron chi connectivity index (χ3n) is 4.69. The number of benzene rings is 1. The smallest absolute Gasteiger partial charge is 0.406 e. The van der Waals surface area contributed by atoms with E-state index in [4.69, 9.17) is 4.74 Å². The molecule has 0 spiro atoms. The van der Waals surface area contributed by atoms with Gasteiger partial charge < -0.3 is 9.47 Å². The number of hydrogen-bond acceptors (Lipinski definition) is 6. The third-order valence-corrected chi connectivity index (χ3v) is 5.73. The molecule has 30 heavy (non-hydrogen) atoms. The molecule has 1 aromatic carbocycles. The van der Waals surface area contributed by atoms with Gasteiger partial charge in [0, 0.05) is 19.7 Å². The minimum atomic E-state index is -4.78. The number of rotatable bonds is 5. The van der Waals surface area contributed by atoms with Crippen LogP contribution in [0.1, 0.15) is 29.0 Å². The quantitative estimate of drug-likeness (QED) is 0.599. The molecule has 0 saturated carbocycles. The predicted molar refractivity (Wildman–Crippen MR) is 105 cm³/mol. The van der Waals surface area contributed by atoms with Crippen molar-refractivity contribution < 1.29 is 27.4 Å². The lowest BCUT2D eigenvalue weighted by molar-refractivity contribution is -0.274. The minimum absolute atomic E-state index is 0.126. The number of anilines is 1. The van der Waals surface area contributed by atoms with Crippen LogP contribution < -0.4 is 9.64 Å². The molecule has 1 fully saturated rings. The summed E-state index contributed by atoms with van der Waals surface area (Å²) in [5, 5.41) is 4.61. The number of halogens is 3. The Kier molecular flexibility index (Phi) is 5.41. The van der Waals surface area contributed by atoms with Crippen LogP contribution in [-0.2, 0) is 11.8 Å². The molecule has 7 nitrogen and oxygen atoms in total. The zero-order valence-corrected chi connectivity index (χ0v) is 17.1. The summed E-state index contributed by atoms with van der Waals surface area (Å²) in [5.41, 5.74) is 1.58. The molecule has 1 aliphatic heterocycles. The Balaban J connectivity index is 1.69. The minimum Gasteiger partial charge on any atom is -0.406 e. The summed E-state index contributed by atoms with van der Waals surface area (Å²) in [6.07, 6.45) is -3.17. The van der Waals surface area contributed by atoms with Crippen molar-refractivity contribution in [3.05, 3.63) is 35.7 Å². The molecular weight excluding hydrogens is 421 g/mol. The maximum Gasteiger partial charge on any atom is 0.573 e. The molecule has 1 amide bonds. The SMILES string of the molecule is Cc1cc(C(=O)N(CC2CCCO2)c2nc3ccc(OC(F)(F)F)cc3s2)n(C)n1. The maximum absolute atomic E-state index is 13.3. The predicted octanol–water partition coefficient (Wildman–Crippen LogP) is 4.06. The summed E-state index contributed by atoms with van der Waals surface area (Å²) in [6, 6.07) is 5.61. The molecule has 1 saturated heterocycles. The van der Waals surface area contributed by atoms with Crippen LogP contribution in [0.4, 0.5) is 18.3 Å². The lowest BCUT2D eigenvalue weighted by Crippen LogP contribution is -2.38. The Morgan fingerprint density at radius 1 is 1.40 bits per heavy atom. The second-order valence-electron chi connectivity index (χ2n) is 7.02. The Labute approximate surface area is 174 Å². The number of ether oxygens (including phenoxy) is 2. The van der Waals surface area contributed by atoms with Gasteiger partial charge in [-0.15, -0.1) is 13.2 Å². The third kappa shape index (κ3) is 4.41. The van der Waals surface area contributed by atoms with E-state index in [1.54, 1.807) is 20.0 Å². The van der Waals surface area contributed by atoms with E-state index in [-0.39, 0.29) is 17.8 Å². The zero-order valence-electron chi connectivity index (χ0n) is 16.3.